The summed E-state index contributed by atoms with van der Waals surface area (Å²) in [5, 5.41) is 11.1. The van der Waals surface area contributed by atoms with Crippen LogP contribution in [0.3, 0.4) is 0 Å². The third kappa shape index (κ3) is 2.30. The predicted molar refractivity (Wildman–Crippen MR) is 72.2 cm³/mol. The van der Waals surface area contributed by atoms with Gasteiger partial charge in [0.1, 0.15) is 0 Å². The Morgan fingerprint density at radius 3 is 3.06 bits per heavy atom. The number of pyridine rings is 1. The fourth-order valence-corrected chi connectivity index (χ4v) is 2.36. The highest BCUT2D eigenvalue weighted by molar-refractivity contribution is 7.09. The molecule has 0 fully saturated rings. The Bertz CT molecular complexity index is 690. The molecule has 0 saturated heterocycles. The number of aryl methyl sites for hydroxylation is 1. The van der Waals surface area contributed by atoms with Crippen molar-refractivity contribution in [2.75, 3.05) is 5.32 Å². The number of aromatic nitrogens is 4. The van der Waals surface area contributed by atoms with E-state index in [9.17, 15) is 0 Å². The van der Waals surface area contributed by atoms with Crippen molar-refractivity contribution < 1.29 is 0 Å². The largest absolute Gasteiger partial charge is 0.347 e. The van der Waals surface area contributed by atoms with Gasteiger partial charge < -0.3 is 5.32 Å². The van der Waals surface area contributed by atoms with Crippen LogP contribution < -0.4 is 5.32 Å². The molecule has 0 unspecified atom stereocenters. The van der Waals surface area contributed by atoms with Gasteiger partial charge in [-0.15, -0.1) is 16.4 Å². The van der Waals surface area contributed by atoms with E-state index in [0.717, 1.165) is 16.3 Å². The van der Waals surface area contributed by atoms with Gasteiger partial charge in [-0.05, 0) is 19.1 Å². The first-order valence-electron chi connectivity index (χ1n) is 5.37. The molecule has 3 heterocycles. The summed E-state index contributed by atoms with van der Waals surface area (Å²) >= 11 is 7.52. The highest BCUT2D eigenvalue weighted by Crippen LogP contribution is 2.13. The molecular formula is C11H10ClN5S. The number of nitrogens with one attached hydrogen (secondary N) is 1. The van der Waals surface area contributed by atoms with Crippen LogP contribution >= 0.6 is 22.9 Å². The molecule has 0 aliphatic heterocycles. The van der Waals surface area contributed by atoms with Crippen LogP contribution in [0.5, 0.6) is 0 Å². The van der Waals surface area contributed by atoms with Crippen LogP contribution in [0.15, 0.2) is 23.7 Å². The van der Waals surface area contributed by atoms with Gasteiger partial charge in [-0.1, -0.05) is 11.6 Å². The van der Waals surface area contributed by atoms with Crippen LogP contribution in [-0.2, 0) is 6.54 Å². The van der Waals surface area contributed by atoms with E-state index >= 15 is 0 Å². The SMILES string of the molecule is Cc1nc(CNc2nc3ccc(Cl)cn3n2)cs1. The second-order valence-electron chi connectivity index (χ2n) is 3.80. The summed E-state index contributed by atoms with van der Waals surface area (Å²) in [6.07, 6.45) is 1.72. The number of nitrogens with zero attached hydrogens (tertiary/aromatic N) is 4. The van der Waals surface area contributed by atoms with Crippen molar-refractivity contribution >= 4 is 34.5 Å². The van der Waals surface area contributed by atoms with Crippen LogP contribution in [0.25, 0.3) is 5.65 Å². The smallest absolute Gasteiger partial charge is 0.243 e. The molecule has 0 aromatic carbocycles. The third-order valence-electron chi connectivity index (χ3n) is 2.39. The van der Waals surface area contributed by atoms with Gasteiger partial charge >= 0.3 is 0 Å². The standard InChI is InChI=1S/C11H10ClN5S/c1-7-14-9(6-18-7)4-13-11-15-10-3-2-8(12)5-17(10)16-11/h2-3,5-6H,4H2,1H3,(H,13,16). The Morgan fingerprint density at radius 1 is 1.39 bits per heavy atom. The fourth-order valence-electron chi connectivity index (χ4n) is 1.59. The second-order valence-corrected chi connectivity index (χ2v) is 5.30. The van der Waals surface area contributed by atoms with Crippen molar-refractivity contribution in [3.63, 3.8) is 0 Å². The summed E-state index contributed by atoms with van der Waals surface area (Å²) in [6.45, 7) is 2.61. The van der Waals surface area contributed by atoms with Gasteiger partial charge in [0.05, 0.1) is 22.3 Å². The maximum atomic E-state index is 5.89. The van der Waals surface area contributed by atoms with E-state index < -0.39 is 0 Å². The van der Waals surface area contributed by atoms with E-state index in [1.807, 2.05) is 18.4 Å². The van der Waals surface area contributed by atoms with E-state index in [2.05, 4.69) is 20.4 Å². The van der Waals surface area contributed by atoms with Crippen LogP contribution in [0.1, 0.15) is 10.7 Å². The molecule has 0 atom stereocenters. The zero-order valence-electron chi connectivity index (χ0n) is 9.59. The molecule has 1 N–H and O–H groups in total. The van der Waals surface area contributed by atoms with Gasteiger partial charge in [0.2, 0.25) is 5.95 Å². The maximum Gasteiger partial charge on any atom is 0.243 e. The Kier molecular flexibility index (Phi) is 2.89. The van der Waals surface area contributed by atoms with Gasteiger partial charge in [-0.3, -0.25) is 0 Å². The zero-order chi connectivity index (χ0) is 12.5. The average molecular weight is 280 g/mol. The molecule has 0 bridgehead atoms. The Hall–Kier alpha value is -1.66. The van der Waals surface area contributed by atoms with Crippen molar-refractivity contribution in [3.8, 4) is 0 Å². The molecule has 0 aliphatic carbocycles. The number of hydrogen-bond donors (Lipinski definition) is 1. The van der Waals surface area contributed by atoms with E-state index in [0.29, 0.717) is 17.5 Å². The zero-order valence-corrected chi connectivity index (χ0v) is 11.2. The molecule has 3 aromatic rings. The molecule has 0 aliphatic rings. The van der Waals surface area contributed by atoms with Crippen molar-refractivity contribution in [2.45, 2.75) is 13.5 Å². The lowest BCUT2D eigenvalue weighted by Gasteiger charge is -1.96. The van der Waals surface area contributed by atoms with Crippen molar-refractivity contribution in [1.29, 1.82) is 0 Å². The van der Waals surface area contributed by atoms with Crippen molar-refractivity contribution in [1.82, 2.24) is 19.6 Å². The average Bonchev–Trinajstić information content (AvgIpc) is 2.92. The summed E-state index contributed by atoms with van der Waals surface area (Å²) < 4.78 is 1.65. The molecule has 0 saturated carbocycles. The van der Waals surface area contributed by atoms with Crippen LogP contribution in [0, 0.1) is 6.92 Å². The monoisotopic (exact) mass is 279 g/mol. The normalized spacial score (nSPS) is 11.0. The summed E-state index contributed by atoms with van der Waals surface area (Å²) in [4.78, 5) is 8.70. The topological polar surface area (TPSA) is 55.1 Å². The van der Waals surface area contributed by atoms with Gasteiger partial charge in [0, 0.05) is 11.6 Å². The Morgan fingerprint density at radius 2 is 2.28 bits per heavy atom. The summed E-state index contributed by atoms with van der Waals surface area (Å²) in [5.41, 5.74) is 1.76. The first-order valence-corrected chi connectivity index (χ1v) is 6.63. The van der Waals surface area contributed by atoms with Crippen LogP contribution in [0.4, 0.5) is 5.95 Å². The first kappa shape index (κ1) is 11.4. The van der Waals surface area contributed by atoms with Gasteiger partial charge in [0.25, 0.3) is 0 Å². The minimum absolute atomic E-state index is 0.572. The Labute approximate surface area is 112 Å². The Balaban J connectivity index is 1.78. The van der Waals surface area contributed by atoms with E-state index in [1.165, 1.54) is 0 Å². The maximum absolute atomic E-state index is 5.89. The summed E-state index contributed by atoms with van der Waals surface area (Å²) in [6, 6.07) is 3.62. The molecule has 3 rings (SSSR count). The minimum Gasteiger partial charge on any atom is -0.347 e. The number of hydrogen-bond acceptors (Lipinski definition) is 5. The third-order valence-corrected chi connectivity index (χ3v) is 3.43. The highest BCUT2D eigenvalue weighted by atomic mass is 35.5. The second kappa shape index (κ2) is 4.55. The summed E-state index contributed by atoms with van der Waals surface area (Å²) in [5.74, 6) is 0.572. The molecule has 0 radical (unpaired) electrons. The van der Waals surface area contributed by atoms with Crippen molar-refractivity contribution in [3.05, 3.63) is 39.4 Å². The van der Waals surface area contributed by atoms with Gasteiger partial charge in [-0.2, -0.15) is 4.98 Å². The number of fused-ring (bicyclic) bond motifs is 1. The molecule has 18 heavy (non-hydrogen) atoms. The highest BCUT2D eigenvalue weighted by Gasteiger charge is 2.04. The molecule has 5 nitrogen and oxygen atoms in total. The summed E-state index contributed by atoms with van der Waals surface area (Å²) in [7, 11) is 0. The molecule has 0 amide bonds. The van der Waals surface area contributed by atoms with E-state index in [4.69, 9.17) is 11.6 Å². The number of halogens is 1. The molecule has 0 spiro atoms. The fraction of sp³-hybridized carbons (Fsp3) is 0.182. The van der Waals surface area contributed by atoms with Gasteiger partial charge in [-0.25, -0.2) is 9.50 Å². The van der Waals surface area contributed by atoms with Crippen LogP contribution in [-0.4, -0.2) is 19.6 Å². The van der Waals surface area contributed by atoms with Crippen molar-refractivity contribution in [2.24, 2.45) is 0 Å². The quantitative estimate of drug-likeness (QED) is 0.801. The lowest BCUT2D eigenvalue weighted by Crippen LogP contribution is -2.01. The number of thiazole rings is 1. The molecule has 3 aromatic heterocycles. The lowest BCUT2D eigenvalue weighted by atomic mass is 10.5. The number of rotatable bonds is 3. The minimum atomic E-state index is 0.572. The predicted octanol–water partition coefficient (Wildman–Crippen LogP) is 2.76. The van der Waals surface area contributed by atoms with E-state index in [1.54, 1.807) is 28.1 Å². The van der Waals surface area contributed by atoms with E-state index in [-0.39, 0.29) is 0 Å². The molecule has 7 heteroatoms. The first-order chi connectivity index (χ1) is 8.70. The van der Waals surface area contributed by atoms with Gasteiger partial charge in [0.15, 0.2) is 5.65 Å². The molecular weight excluding hydrogens is 270 g/mol. The number of anilines is 1. The molecule has 92 valence electrons. The van der Waals surface area contributed by atoms with Crippen LogP contribution in [0.2, 0.25) is 5.02 Å². The lowest BCUT2D eigenvalue weighted by molar-refractivity contribution is 0.943.